The van der Waals surface area contributed by atoms with E-state index in [1.165, 1.54) is 11.3 Å². The topological polar surface area (TPSA) is 3.88 Å². The first-order valence-electron chi connectivity index (χ1n) is 5.71. The molecule has 0 saturated heterocycles. The van der Waals surface area contributed by atoms with Crippen LogP contribution in [0.5, 0.6) is 0 Å². The number of nitrogens with zero attached hydrogens (tertiary/aromatic N) is 1. The molecular formula is C16H16N+. The van der Waals surface area contributed by atoms with Crippen molar-refractivity contribution in [3.63, 3.8) is 0 Å². The van der Waals surface area contributed by atoms with Gasteiger partial charge in [-0.3, -0.25) is 0 Å². The van der Waals surface area contributed by atoms with Gasteiger partial charge in [0.2, 0.25) is 5.69 Å². The van der Waals surface area contributed by atoms with Crippen LogP contribution >= 0.6 is 0 Å². The van der Waals surface area contributed by atoms with Crippen molar-refractivity contribution in [1.82, 2.24) is 0 Å². The lowest BCUT2D eigenvalue weighted by Crippen LogP contribution is -2.30. The zero-order valence-electron chi connectivity index (χ0n) is 9.95. The number of allylic oxidation sites excluding steroid dienone is 2. The van der Waals surface area contributed by atoms with Crippen molar-refractivity contribution >= 4 is 12.2 Å². The van der Waals surface area contributed by atoms with Gasteiger partial charge in [0.25, 0.3) is 0 Å². The third-order valence-corrected chi connectivity index (χ3v) is 2.56. The Bertz CT molecular complexity index is 524. The summed E-state index contributed by atoms with van der Waals surface area (Å²) >= 11 is 0. The summed E-state index contributed by atoms with van der Waals surface area (Å²) < 4.78 is 2.09. The number of aryl methyl sites for hydroxylation is 1. The molecule has 0 N–H and O–H groups in total. The van der Waals surface area contributed by atoms with Crippen LogP contribution in [0.1, 0.15) is 11.3 Å². The van der Waals surface area contributed by atoms with Gasteiger partial charge in [0.15, 0.2) is 6.20 Å². The van der Waals surface area contributed by atoms with E-state index in [9.17, 15) is 0 Å². The summed E-state index contributed by atoms with van der Waals surface area (Å²) in [6.07, 6.45) is 10.4. The maximum absolute atomic E-state index is 2.10. The van der Waals surface area contributed by atoms with E-state index in [1.807, 2.05) is 43.6 Å². The van der Waals surface area contributed by atoms with E-state index >= 15 is 0 Å². The summed E-state index contributed by atoms with van der Waals surface area (Å²) in [5.74, 6) is 0. The monoisotopic (exact) mass is 222 g/mol. The molecule has 0 aliphatic heterocycles. The van der Waals surface area contributed by atoms with E-state index in [1.54, 1.807) is 0 Å². The summed E-state index contributed by atoms with van der Waals surface area (Å²) in [4.78, 5) is 0. The van der Waals surface area contributed by atoms with Gasteiger partial charge < -0.3 is 0 Å². The van der Waals surface area contributed by atoms with Gasteiger partial charge in [-0.1, -0.05) is 48.6 Å². The summed E-state index contributed by atoms with van der Waals surface area (Å²) in [6.45, 7) is 0. The van der Waals surface area contributed by atoms with E-state index in [4.69, 9.17) is 0 Å². The molecule has 0 amide bonds. The molecule has 0 atom stereocenters. The molecular weight excluding hydrogens is 206 g/mol. The van der Waals surface area contributed by atoms with Crippen LogP contribution in [0.15, 0.2) is 66.9 Å². The Hall–Kier alpha value is -2.15. The summed E-state index contributed by atoms with van der Waals surface area (Å²) in [6, 6.07) is 16.4. The Kier molecular flexibility index (Phi) is 3.87. The van der Waals surface area contributed by atoms with Crippen LogP contribution in [-0.2, 0) is 7.05 Å². The van der Waals surface area contributed by atoms with Crippen molar-refractivity contribution in [2.24, 2.45) is 7.05 Å². The lowest BCUT2D eigenvalue weighted by atomic mass is 10.2. The fraction of sp³-hybridized carbons (Fsp3) is 0.0625. The van der Waals surface area contributed by atoms with Crippen LogP contribution < -0.4 is 4.57 Å². The summed E-state index contributed by atoms with van der Waals surface area (Å²) in [5.41, 5.74) is 2.40. The molecule has 2 rings (SSSR count). The van der Waals surface area contributed by atoms with E-state index in [2.05, 4.69) is 47.1 Å². The Labute approximate surface area is 102 Å². The molecule has 0 unspecified atom stereocenters. The van der Waals surface area contributed by atoms with Gasteiger partial charge in [0, 0.05) is 18.2 Å². The van der Waals surface area contributed by atoms with Crippen molar-refractivity contribution in [2.45, 2.75) is 0 Å². The zero-order valence-corrected chi connectivity index (χ0v) is 9.95. The molecule has 84 valence electrons. The molecule has 0 aliphatic carbocycles. The fourth-order valence-corrected chi connectivity index (χ4v) is 1.59. The fourth-order valence-electron chi connectivity index (χ4n) is 1.59. The van der Waals surface area contributed by atoms with Crippen LogP contribution in [0.3, 0.4) is 0 Å². The van der Waals surface area contributed by atoms with Crippen molar-refractivity contribution in [1.29, 1.82) is 0 Å². The highest BCUT2D eigenvalue weighted by Crippen LogP contribution is 2.01. The molecule has 0 saturated carbocycles. The highest BCUT2D eigenvalue weighted by molar-refractivity contribution is 5.54. The van der Waals surface area contributed by atoms with Gasteiger partial charge in [0.05, 0.1) is 0 Å². The molecule has 1 aromatic carbocycles. The van der Waals surface area contributed by atoms with Crippen LogP contribution in [-0.4, -0.2) is 0 Å². The van der Waals surface area contributed by atoms with E-state index in [-0.39, 0.29) is 0 Å². The Morgan fingerprint density at radius 3 is 2.29 bits per heavy atom. The largest absolute Gasteiger partial charge is 0.204 e. The molecule has 2 aromatic rings. The van der Waals surface area contributed by atoms with E-state index in [0.29, 0.717) is 0 Å². The maximum atomic E-state index is 2.10. The highest BCUT2D eigenvalue weighted by atomic mass is 14.9. The standard InChI is InChI=1S/C16H16N/c1-17-14-8-7-13-16(17)12-6-5-11-15-9-3-2-4-10-15/h2-14H,1H3/q+1. The minimum atomic E-state index is 1.19. The first-order valence-corrected chi connectivity index (χ1v) is 5.71. The second-order valence-corrected chi connectivity index (χ2v) is 3.87. The van der Waals surface area contributed by atoms with E-state index in [0.717, 1.165) is 0 Å². The van der Waals surface area contributed by atoms with Crippen LogP contribution in [0.4, 0.5) is 0 Å². The first-order chi connectivity index (χ1) is 8.36. The van der Waals surface area contributed by atoms with Gasteiger partial charge in [-0.25, -0.2) is 4.57 Å². The Balaban J connectivity index is 2.04. The number of benzene rings is 1. The average molecular weight is 222 g/mol. The van der Waals surface area contributed by atoms with Crippen molar-refractivity contribution in [2.75, 3.05) is 0 Å². The van der Waals surface area contributed by atoms with E-state index < -0.39 is 0 Å². The molecule has 0 fully saturated rings. The predicted molar refractivity (Wildman–Crippen MR) is 72.1 cm³/mol. The number of hydrogen-bond acceptors (Lipinski definition) is 0. The quantitative estimate of drug-likeness (QED) is 0.554. The molecule has 0 bridgehead atoms. The molecule has 0 aliphatic rings. The number of pyridine rings is 1. The zero-order chi connectivity index (χ0) is 11.9. The lowest BCUT2D eigenvalue weighted by molar-refractivity contribution is -0.673. The minimum Gasteiger partial charge on any atom is -0.202 e. The van der Waals surface area contributed by atoms with Crippen molar-refractivity contribution in [3.05, 3.63) is 78.1 Å². The molecule has 1 nitrogen and oxygen atoms in total. The number of rotatable bonds is 3. The molecule has 1 heteroatoms. The van der Waals surface area contributed by atoms with Crippen molar-refractivity contribution < 1.29 is 4.57 Å². The third kappa shape index (κ3) is 3.42. The maximum Gasteiger partial charge on any atom is 0.204 e. The number of hydrogen-bond donors (Lipinski definition) is 0. The van der Waals surface area contributed by atoms with Gasteiger partial charge in [-0.2, -0.15) is 0 Å². The molecule has 0 spiro atoms. The normalized spacial score (nSPS) is 11.4. The van der Waals surface area contributed by atoms with Gasteiger partial charge >= 0.3 is 0 Å². The second-order valence-electron chi connectivity index (χ2n) is 3.87. The number of aromatic nitrogens is 1. The Morgan fingerprint density at radius 2 is 1.53 bits per heavy atom. The smallest absolute Gasteiger partial charge is 0.202 e. The van der Waals surface area contributed by atoms with Crippen LogP contribution in [0.25, 0.3) is 12.2 Å². The minimum absolute atomic E-state index is 1.19. The third-order valence-electron chi connectivity index (χ3n) is 2.56. The SMILES string of the molecule is C[n+]1ccccc1C=CC=Cc1ccccc1. The average Bonchev–Trinajstić information content (AvgIpc) is 2.38. The molecule has 1 heterocycles. The Morgan fingerprint density at radius 1 is 0.824 bits per heavy atom. The lowest BCUT2D eigenvalue weighted by Gasteiger charge is -1.91. The van der Waals surface area contributed by atoms with Gasteiger partial charge in [-0.15, -0.1) is 0 Å². The molecule has 0 radical (unpaired) electrons. The van der Waals surface area contributed by atoms with Gasteiger partial charge in [-0.05, 0) is 11.6 Å². The summed E-state index contributed by atoms with van der Waals surface area (Å²) in [7, 11) is 2.04. The second kappa shape index (κ2) is 5.80. The summed E-state index contributed by atoms with van der Waals surface area (Å²) in [5, 5.41) is 0. The van der Waals surface area contributed by atoms with Crippen molar-refractivity contribution in [3.8, 4) is 0 Å². The van der Waals surface area contributed by atoms with Crippen LogP contribution in [0.2, 0.25) is 0 Å². The van der Waals surface area contributed by atoms with Crippen LogP contribution in [0, 0.1) is 0 Å². The molecule has 17 heavy (non-hydrogen) atoms. The first kappa shape index (κ1) is 11.3. The predicted octanol–water partition coefficient (Wildman–Crippen LogP) is 3.24. The van der Waals surface area contributed by atoms with Gasteiger partial charge in [0.1, 0.15) is 7.05 Å². The highest BCUT2D eigenvalue weighted by Gasteiger charge is 1.96. The molecule has 1 aromatic heterocycles.